The van der Waals surface area contributed by atoms with Crippen LogP contribution in [-0.4, -0.2) is 60.1 Å². The Labute approximate surface area is 159 Å². The zero-order valence-electron chi connectivity index (χ0n) is 15.4. The zero-order valence-corrected chi connectivity index (χ0v) is 17.7. The molecule has 23 heavy (non-hydrogen) atoms. The summed E-state index contributed by atoms with van der Waals surface area (Å²) < 4.78 is 2.15. The highest BCUT2D eigenvalue weighted by atomic mass is 127. The van der Waals surface area contributed by atoms with Crippen LogP contribution >= 0.6 is 24.0 Å². The maximum Gasteiger partial charge on any atom is 0.194 e. The van der Waals surface area contributed by atoms with Gasteiger partial charge in [-0.2, -0.15) is 0 Å². The second kappa shape index (κ2) is 12.6. The summed E-state index contributed by atoms with van der Waals surface area (Å²) in [5.41, 5.74) is 1.29. The molecule has 0 aliphatic carbocycles. The number of aliphatic imine (C=N–C) groups is 1. The summed E-state index contributed by atoms with van der Waals surface area (Å²) >= 11 is 0. The number of nitrogens with zero attached hydrogens (tertiary/aromatic N) is 4. The minimum absolute atomic E-state index is 0. The van der Waals surface area contributed by atoms with E-state index in [2.05, 4.69) is 72.9 Å². The van der Waals surface area contributed by atoms with Gasteiger partial charge in [0.1, 0.15) is 0 Å². The molecular formula is C17H34IN5. The molecule has 0 radical (unpaired) electrons. The Bertz CT molecular complexity index is 444. The lowest BCUT2D eigenvalue weighted by Gasteiger charge is -2.23. The van der Waals surface area contributed by atoms with Crippen molar-refractivity contribution in [2.45, 2.75) is 33.7 Å². The number of halogens is 1. The van der Waals surface area contributed by atoms with E-state index in [0.29, 0.717) is 0 Å². The van der Waals surface area contributed by atoms with Crippen molar-refractivity contribution in [3.05, 3.63) is 24.0 Å². The van der Waals surface area contributed by atoms with E-state index in [-0.39, 0.29) is 24.0 Å². The molecule has 0 spiro atoms. The highest BCUT2D eigenvalue weighted by Crippen LogP contribution is 2.03. The Morgan fingerprint density at radius 1 is 1.26 bits per heavy atom. The average molecular weight is 435 g/mol. The average Bonchev–Trinajstić information content (AvgIpc) is 2.90. The lowest BCUT2D eigenvalue weighted by molar-refractivity contribution is 0.296. The number of hydrogen-bond acceptors (Lipinski definition) is 2. The van der Waals surface area contributed by atoms with Gasteiger partial charge in [0.05, 0.1) is 13.1 Å². The van der Waals surface area contributed by atoms with E-state index in [1.54, 1.807) is 0 Å². The second-order valence-corrected chi connectivity index (χ2v) is 5.64. The first-order valence-electron chi connectivity index (χ1n) is 8.44. The predicted octanol–water partition coefficient (Wildman–Crippen LogP) is 2.77. The summed E-state index contributed by atoms with van der Waals surface area (Å²) in [4.78, 5) is 9.41. The monoisotopic (exact) mass is 435 g/mol. The topological polar surface area (TPSA) is 35.8 Å². The summed E-state index contributed by atoms with van der Waals surface area (Å²) in [7, 11) is 4.18. The fraction of sp³-hybridized carbons (Fsp3) is 0.706. The van der Waals surface area contributed by atoms with Gasteiger partial charge in [0.2, 0.25) is 0 Å². The third-order valence-electron chi connectivity index (χ3n) is 3.81. The van der Waals surface area contributed by atoms with Crippen LogP contribution in [0.2, 0.25) is 0 Å². The molecule has 0 amide bonds. The van der Waals surface area contributed by atoms with Crippen molar-refractivity contribution in [2.24, 2.45) is 12.0 Å². The Balaban J connectivity index is 0.00000484. The summed E-state index contributed by atoms with van der Waals surface area (Å²) in [6.45, 7) is 12.4. The van der Waals surface area contributed by atoms with Crippen LogP contribution in [0.25, 0.3) is 0 Å². The van der Waals surface area contributed by atoms with Crippen LogP contribution in [0.5, 0.6) is 0 Å². The van der Waals surface area contributed by atoms with Crippen LogP contribution in [0.1, 0.15) is 32.9 Å². The number of nitrogens with one attached hydrogen (secondary N) is 1. The van der Waals surface area contributed by atoms with Crippen LogP contribution in [0, 0.1) is 0 Å². The van der Waals surface area contributed by atoms with Gasteiger partial charge in [-0.15, -0.1) is 24.0 Å². The van der Waals surface area contributed by atoms with Gasteiger partial charge in [-0.1, -0.05) is 13.8 Å². The summed E-state index contributed by atoms with van der Waals surface area (Å²) in [6, 6.07) is 4.23. The van der Waals surface area contributed by atoms with Crippen molar-refractivity contribution in [3.8, 4) is 0 Å². The van der Waals surface area contributed by atoms with Gasteiger partial charge in [0, 0.05) is 39.1 Å². The van der Waals surface area contributed by atoms with Gasteiger partial charge in [-0.05, 0) is 38.6 Å². The normalized spacial score (nSPS) is 11.5. The van der Waals surface area contributed by atoms with Crippen LogP contribution in [0.3, 0.4) is 0 Å². The summed E-state index contributed by atoms with van der Waals surface area (Å²) in [5, 5.41) is 3.39. The van der Waals surface area contributed by atoms with Crippen molar-refractivity contribution >= 4 is 29.9 Å². The molecule has 0 aromatic carbocycles. The quantitative estimate of drug-likeness (QED) is 0.368. The Hall–Kier alpha value is -0.760. The van der Waals surface area contributed by atoms with Gasteiger partial charge in [0.25, 0.3) is 0 Å². The molecular weight excluding hydrogens is 401 g/mol. The van der Waals surface area contributed by atoms with Crippen LogP contribution in [0.15, 0.2) is 23.3 Å². The zero-order chi connectivity index (χ0) is 16.4. The fourth-order valence-corrected chi connectivity index (χ4v) is 2.49. The molecule has 0 unspecified atom stereocenters. The molecule has 0 saturated carbocycles. The van der Waals surface area contributed by atoms with E-state index in [1.165, 1.54) is 12.1 Å². The predicted molar refractivity (Wildman–Crippen MR) is 111 cm³/mol. The van der Waals surface area contributed by atoms with Gasteiger partial charge in [-0.25, -0.2) is 0 Å². The number of hydrogen-bond donors (Lipinski definition) is 1. The smallest absolute Gasteiger partial charge is 0.194 e. The third-order valence-corrected chi connectivity index (χ3v) is 3.81. The molecule has 6 heteroatoms. The summed E-state index contributed by atoms with van der Waals surface area (Å²) in [6.07, 6.45) is 3.28. The lowest BCUT2D eigenvalue weighted by Crippen LogP contribution is -2.39. The van der Waals surface area contributed by atoms with E-state index in [9.17, 15) is 0 Å². The first-order valence-corrected chi connectivity index (χ1v) is 8.44. The minimum atomic E-state index is 0. The maximum absolute atomic E-state index is 4.77. The van der Waals surface area contributed by atoms with E-state index < -0.39 is 0 Å². The third kappa shape index (κ3) is 8.06. The van der Waals surface area contributed by atoms with Gasteiger partial charge < -0.3 is 19.7 Å². The number of guanidine groups is 1. The van der Waals surface area contributed by atoms with Gasteiger partial charge >= 0.3 is 0 Å². The minimum Gasteiger partial charge on any atom is -0.357 e. The SMILES string of the molecule is CCCN(CC)CCN=C(NCC)N(C)Cc1cccn1C.I. The number of rotatable bonds is 9. The molecule has 0 fully saturated rings. The molecule has 134 valence electrons. The Morgan fingerprint density at radius 3 is 2.52 bits per heavy atom. The molecule has 1 heterocycles. The van der Waals surface area contributed by atoms with Gasteiger partial charge in [0.15, 0.2) is 5.96 Å². The van der Waals surface area contributed by atoms with E-state index in [0.717, 1.165) is 45.2 Å². The second-order valence-electron chi connectivity index (χ2n) is 5.64. The lowest BCUT2D eigenvalue weighted by atomic mass is 10.4. The van der Waals surface area contributed by atoms with Crippen molar-refractivity contribution in [2.75, 3.05) is 39.8 Å². The maximum atomic E-state index is 4.77. The fourth-order valence-electron chi connectivity index (χ4n) is 2.49. The highest BCUT2D eigenvalue weighted by molar-refractivity contribution is 14.0. The summed E-state index contributed by atoms with van der Waals surface area (Å²) in [5.74, 6) is 0.983. The van der Waals surface area contributed by atoms with Gasteiger partial charge in [-0.3, -0.25) is 4.99 Å². The molecule has 0 aliphatic heterocycles. The largest absolute Gasteiger partial charge is 0.357 e. The van der Waals surface area contributed by atoms with Crippen molar-refractivity contribution in [3.63, 3.8) is 0 Å². The molecule has 1 rings (SSSR count). The first kappa shape index (κ1) is 22.2. The molecule has 0 bridgehead atoms. The Kier molecular flexibility index (Phi) is 12.2. The molecule has 1 aromatic heterocycles. The molecule has 5 nitrogen and oxygen atoms in total. The van der Waals surface area contributed by atoms with E-state index in [4.69, 9.17) is 4.99 Å². The van der Waals surface area contributed by atoms with Crippen LogP contribution < -0.4 is 5.32 Å². The van der Waals surface area contributed by atoms with Crippen LogP contribution in [0.4, 0.5) is 0 Å². The number of aryl methyl sites for hydroxylation is 1. The standard InChI is InChI=1S/C17H33N5.HI/c1-6-12-22(8-3)14-11-19-17(18-7-2)21(5)15-16-10-9-13-20(16)4;/h9-10,13H,6-8,11-12,14-15H2,1-5H3,(H,18,19);1H. The van der Waals surface area contributed by atoms with Crippen molar-refractivity contribution in [1.29, 1.82) is 0 Å². The van der Waals surface area contributed by atoms with E-state index in [1.807, 2.05) is 0 Å². The molecule has 0 aliphatic rings. The molecule has 0 saturated heterocycles. The Morgan fingerprint density at radius 2 is 2.00 bits per heavy atom. The number of aromatic nitrogens is 1. The van der Waals surface area contributed by atoms with E-state index >= 15 is 0 Å². The first-order chi connectivity index (χ1) is 10.6. The molecule has 1 N–H and O–H groups in total. The highest BCUT2D eigenvalue weighted by Gasteiger charge is 2.08. The van der Waals surface area contributed by atoms with Crippen molar-refractivity contribution < 1.29 is 0 Å². The van der Waals surface area contributed by atoms with Crippen LogP contribution in [-0.2, 0) is 13.6 Å². The molecule has 1 aromatic rings. The van der Waals surface area contributed by atoms with Crippen molar-refractivity contribution in [1.82, 2.24) is 19.7 Å². The number of likely N-dealkylation sites (N-methyl/N-ethyl adjacent to an activating group) is 1. The molecule has 0 atom stereocenters.